The fourth-order valence-corrected chi connectivity index (χ4v) is 6.81. The number of aliphatic hydroxyl groups excluding tert-OH is 1. The van der Waals surface area contributed by atoms with E-state index in [1.807, 2.05) is 0 Å². The standard InChI is InChI=1S/C22H36O5/c1-13-4-6-17(18-8-26-14(2)5-7-16(13)18)15(3)19(23)27-12-21-9-22(10-21,11-21)20(24)25/h13-19,23H,4-12H2,1-3H3,(H,24,25)/t13-,14?,15-,16+,17+,18?,19-,21?,22?/m1/s1. The third-order valence-corrected chi connectivity index (χ3v) is 8.55. The van der Waals surface area contributed by atoms with E-state index in [9.17, 15) is 15.0 Å². The highest BCUT2D eigenvalue weighted by Crippen LogP contribution is 2.73. The molecule has 1 heterocycles. The second kappa shape index (κ2) is 7.00. The Morgan fingerprint density at radius 2 is 1.85 bits per heavy atom. The van der Waals surface area contributed by atoms with Crippen LogP contribution in [0.4, 0.5) is 0 Å². The van der Waals surface area contributed by atoms with Gasteiger partial charge in [-0.25, -0.2) is 0 Å². The molecule has 1 saturated heterocycles. The molecule has 5 heteroatoms. The number of carboxylic acid groups (broad SMARTS) is 1. The summed E-state index contributed by atoms with van der Waals surface area (Å²) in [5.41, 5.74) is -0.454. The molecule has 2 unspecified atom stereocenters. The van der Waals surface area contributed by atoms with Crippen LogP contribution in [0.25, 0.3) is 0 Å². The summed E-state index contributed by atoms with van der Waals surface area (Å²) in [5, 5.41) is 20.0. The van der Waals surface area contributed by atoms with Gasteiger partial charge in [-0.1, -0.05) is 20.3 Å². The molecule has 0 aromatic carbocycles. The highest BCUT2D eigenvalue weighted by atomic mass is 16.6. The van der Waals surface area contributed by atoms with Crippen LogP contribution in [0.2, 0.25) is 0 Å². The average molecular weight is 381 g/mol. The number of aliphatic carboxylic acids is 1. The summed E-state index contributed by atoms with van der Waals surface area (Å²) in [6.45, 7) is 7.98. The molecule has 5 fully saturated rings. The molecule has 2 bridgehead atoms. The van der Waals surface area contributed by atoms with Crippen molar-refractivity contribution in [1.29, 1.82) is 0 Å². The fourth-order valence-electron chi connectivity index (χ4n) is 6.81. The Kier molecular flexibility index (Phi) is 5.09. The van der Waals surface area contributed by atoms with Crippen LogP contribution < -0.4 is 0 Å². The Hall–Kier alpha value is -0.650. The van der Waals surface area contributed by atoms with Crippen LogP contribution in [0.5, 0.6) is 0 Å². The smallest absolute Gasteiger partial charge is 0.309 e. The first-order chi connectivity index (χ1) is 12.8. The maximum atomic E-state index is 11.2. The molecule has 4 aliphatic carbocycles. The highest BCUT2D eigenvalue weighted by molar-refractivity contribution is 5.79. The van der Waals surface area contributed by atoms with Gasteiger partial charge in [0.05, 0.1) is 24.7 Å². The second-order valence-corrected chi connectivity index (χ2v) is 10.4. The molecule has 27 heavy (non-hydrogen) atoms. The van der Waals surface area contributed by atoms with Crippen LogP contribution in [0, 0.1) is 40.4 Å². The van der Waals surface area contributed by atoms with Crippen LogP contribution in [-0.2, 0) is 14.3 Å². The summed E-state index contributed by atoms with van der Waals surface area (Å²) in [6, 6.07) is 0. The van der Waals surface area contributed by atoms with Crippen molar-refractivity contribution in [2.24, 2.45) is 40.4 Å². The molecule has 154 valence electrons. The van der Waals surface area contributed by atoms with E-state index in [1.165, 1.54) is 12.8 Å². The lowest BCUT2D eigenvalue weighted by atomic mass is 9.35. The minimum absolute atomic E-state index is 0.0174. The number of fused-ring (bicyclic) bond motifs is 1. The van der Waals surface area contributed by atoms with Crippen molar-refractivity contribution in [3.8, 4) is 0 Å². The van der Waals surface area contributed by atoms with E-state index >= 15 is 0 Å². The van der Waals surface area contributed by atoms with E-state index in [4.69, 9.17) is 9.47 Å². The Balaban J connectivity index is 1.33. The van der Waals surface area contributed by atoms with E-state index < -0.39 is 17.7 Å². The van der Waals surface area contributed by atoms with Crippen LogP contribution >= 0.6 is 0 Å². The van der Waals surface area contributed by atoms with Gasteiger partial charge in [-0.3, -0.25) is 4.79 Å². The number of carboxylic acids is 1. The highest BCUT2D eigenvalue weighted by Gasteiger charge is 2.72. The monoisotopic (exact) mass is 380 g/mol. The molecule has 0 aromatic rings. The lowest BCUT2D eigenvalue weighted by Gasteiger charge is -2.68. The van der Waals surface area contributed by atoms with Gasteiger partial charge in [0.15, 0.2) is 6.29 Å². The quantitative estimate of drug-likeness (QED) is 0.687. The molecule has 4 saturated carbocycles. The number of hydrogen-bond donors (Lipinski definition) is 2. The molecule has 5 nitrogen and oxygen atoms in total. The molecule has 2 N–H and O–H groups in total. The van der Waals surface area contributed by atoms with E-state index in [-0.39, 0.29) is 11.3 Å². The minimum Gasteiger partial charge on any atom is -0.481 e. The molecular formula is C22H36O5. The first-order valence-corrected chi connectivity index (χ1v) is 10.9. The molecule has 1 aliphatic heterocycles. The lowest BCUT2D eigenvalue weighted by molar-refractivity contribution is -0.264. The predicted molar refractivity (Wildman–Crippen MR) is 101 cm³/mol. The third-order valence-electron chi connectivity index (χ3n) is 8.55. The largest absolute Gasteiger partial charge is 0.481 e. The average Bonchev–Trinajstić information content (AvgIpc) is 2.74. The lowest BCUT2D eigenvalue weighted by Crippen LogP contribution is -2.67. The van der Waals surface area contributed by atoms with Gasteiger partial charge < -0.3 is 19.7 Å². The summed E-state index contributed by atoms with van der Waals surface area (Å²) in [4.78, 5) is 11.2. The summed E-state index contributed by atoms with van der Waals surface area (Å²) < 4.78 is 12.0. The Bertz CT molecular complexity index is 555. The minimum atomic E-state index is -0.764. The zero-order valence-electron chi connectivity index (χ0n) is 17.0. The zero-order chi connectivity index (χ0) is 19.4. The van der Waals surface area contributed by atoms with Crippen molar-refractivity contribution in [3.63, 3.8) is 0 Å². The van der Waals surface area contributed by atoms with E-state index in [2.05, 4.69) is 20.8 Å². The molecule has 5 aliphatic rings. The number of rotatable bonds is 6. The predicted octanol–water partition coefficient (Wildman–Crippen LogP) is 3.69. The molecule has 0 radical (unpaired) electrons. The van der Waals surface area contributed by atoms with E-state index in [0.717, 1.165) is 25.4 Å². The Morgan fingerprint density at radius 3 is 2.52 bits per heavy atom. The SMILES string of the molecule is CC1CC[C@@H]2C(CO1)[C@H]([C@@H](C)[C@H](O)OCC13CC(C(=O)O)(C1)C3)CC[C@H]2C. The van der Waals surface area contributed by atoms with Gasteiger partial charge in [-0.15, -0.1) is 0 Å². The fraction of sp³-hybridized carbons (Fsp3) is 0.955. The van der Waals surface area contributed by atoms with Crippen molar-refractivity contribution in [3.05, 3.63) is 0 Å². The van der Waals surface area contributed by atoms with Gasteiger partial charge in [0.2, 0.25) is 0 Å². The molecular weight excluding hydrogens is 344 g/mol. The van der Waals surface area contributed by atoms with Gasteiger partial charge in [0.1, 0.15) is 0 Å². The molecule has 7 atom stereocenters. The van der Waals surface area contributed by atoms with E-state index in [0.29, 0.717) is 49.7 Å². The Labute approximate surface area is 162 Å². The van der Waals surface area contributed by atoms with Crippen molar-refractivity contribution in [1.82, 2.24) is 0 Å². The van der Waals surface area contributed by atoms with Crippen LogP contribution in [-0.4, -0.2) is 41.8 Å². The normalized spacial score (nSPS) is 48.4. The third kappa shape index (κ3) is 3.34. The summed E-state index contributed by atoms with van der Waals surface area (Å²) in [5.74, 6) is 1.79. The summed E-state index contributed by atoms with van der Waals surface area (Å²) >= 11 is 0. The van der Waals surface area contributed by atoms with Gasteiger partial charge >= 0.3 is 5.97 Å². The van der Waals surface area contributed by atoms with Gasteiger partial charge in [0.25, 0.3) is 0 Å². The maximum absolute atomic E-state index is 11.2. The molecule has 0 spiro atoms. The Morgan fingerprint density at radius 1 is 1.15 bits per heavy atom. The van der Waals surface area contributed by atoms with Crippen LogP contribution in [0.15, 0.2) is 0 Å². The first-order valence-electron chi connectivity index (χ1n) is 10.9. The first kappa shape index (κ1) is 19.7. The van der Waals surface area contributed by atoms with Crippen molar-refractivity contribution >= 4 is 5.97 Å². The second-order valence-electron chi connectivity index (χ2n) is 10.4. The van der Waals surface area contributed by atoms with Crippen LogP contribution in [0.3, 0.4) is 0 Å². The molecule has 0 amide bonds. The number of aliphatic hydroxyl groups is 1. The summed E-state index contributed by atoms with van der Waals surface area (Å²) in [7, 11) is 0. The van der Waals surface area contributed by atoms with E-state index in [1.54, 1.807) is 0 Å². The number of carbonyl (C=O) groups is 1. The van der Waals surface area contributed by atoms with Gasteiger partial charge in [-0.05, 0) is 74.5 Å². The summed E-state index contributed by atoms with van der Waals surface area (Å²) in [6.07, 6.45) is 6.45. The number of ether oxygens (including phenoxy) is 2. The maximum Gasteiger partial charge on any atom is 0.309 e. The topological polar surface area (TPSA) is 76.0 Å². The van der Waals surface area contributed by atoms with Gasteiger partial charge in [0, 0.05) is 5.92 Å². The van der Waals surface area contributed by atoms with Gasteiger partial charge in [-0.2, -0.15) is 0 Å². The van der Waals surface area contributed by atoms with Crippen LogP contribution in [0.1, 0.15) is 65.7 Å². The number of hydrogen-bond acceptors (Lipinski definition) is 4. The molecule has 5 rings (SSSR count). The zero-order valence-corrected chi connectivity index (χ0v) is 17.0. The van der Waals surface area contributed by atoms with Crippen molar-refractivity contribution < 1.29 is 24.5 Å². The van der Waals surface area contributed by atoms with Crippen molar-refractivity contribution in [2.45, 2.75) is 78.1 Å². The molecule has 0 aromatic heterocycles. The van der Waals surface area contributed by atoms with Crippen molar-refractivity contribution in [2.75, 3.05) is 13.2 Å².